The third-order valence-corrected chi connectivity index (χ3v) is 2.20. The first-order valence-electron chi connectivity index (χ1n) is 5.59. The molecule has 0 saturated carbocycles. The van der Waals surface area contributed by atoms with Crippen LogP contribution in [0.1, 0.15) is 60.2 Å². The van der Waals surface area contributed by atoms with E-state index in [1.165, 1.54) is 5.69 Å². The van der Waals surface area contributed by atoms with Crippen LogP contribution in [-0.2, 0) is 0 Å². The quantitative estimate of drug-likeness (QED) is 0.867. The number of hydrogen-bond acceptors (Lipinski definition) is 2. The normalized spacial score (nSPS) is 9.22. The minimum absolute atomic E-state index is 0. The molecule has 2 rings (SSSR count). The lowest BCUT2D eigenvalue weighted by Crippen LogP contribution is -1.99. The second kappa shape index (κ2) is 9.45. The zero-order valence-electron chi connectivity index (χ0n) is 10.4. The van der Waals surface area contributed by atoms with Crippen molar-refractivity contribution in [3.63, 3.8) is 0 Å². The van der Waals surface area contributed by atoms with Crippen molar-refractivity contribution in [1.82, 2.24) is 20.0 Å². The summed E-state index contributed by atoms with van der Waals surface area (Å²) in [6.07, 6.45) is 5.53. The molecule has 0 radical (unpaired) electrons. The van der Waals surface area contributed by atoms with Crippen molar-refractivity contribution in [3.8, 4) is 0 Å². The molecule has 0 aliphatic heterocycles. The number of hydrogen-bond donors (Lipinski definition) is 1. The Morgan fingerprint density at radius 2 is 1.78 bits per heavy atom. The number of H-pyrrole nitrogens is 1. The van der Waals surface area contributed by atoms with Crippen molar-refractivity contribution in [1.29, 1.82) is 0 Å². The van der Waals surface area contributed by atoms with Gasteiger partial charge in [0.25, 0.3) is 0 Å². The Morgan fingerprint density at radius 3 is 2.00 bits per heavy atom. The van der Waals surface area contributed by atoms with E-state index in [9.17, 15) is 0 Å². The Morgan fingerprint density at radius 1 is 1.11 bits per heavy atom. The Bertz CT molecular complexity index is 322. The summed E-state index contributed by atoms with van der Waals surface area (Å²) >= 11 is 0. The van der Waals surface area contributed by atoms with Crippen molar-refractivity contribution < 1.29 is 0 Å². The van der Waals surface area contributed by atoms with Crippen molar-refractivity contribution in [2.24, 2.45) is 0 Å². The maximum Gasteiger partial charge on any atom is 0.0490 e. The number of aromatic amines is 1. The highest BCUT2D eigenvalue weighted by Gasteiger charge is 1.96. The van der Waals surface area contributed by atoms with Crippen LogP contribution in [-0.4, -0.2) is 20.0 Å². The van der Waals surface area contributed by atoms with Gasteiger partial charge in [0, 0.05) is 30.3 Å². The van der Waals surface area contributed by atoms with Crippen LogP contribution in [0.5, 0.6) is 0 Å². The lowest BCUT2D eigenvalue weighted by Gasteiger charge is -2.01. The molecule has 2 aromatic rings. The molecular weight excluding hydrogens is 224 g/mol. The molecule has 0 atom stereocenters. The fraction of sp³-hybridized carbons (Fsp3) is 0.571. The Labute approximate surface area is 111 Å². The van der Waals surface area contributed by atoms with Gasteiger partial charge in [0.1, 0.15) is 0 Å². The molecular formula is C14H28N4. The van der Waals surface area contributed by atoms with Crippen molar-refractivity contribution >= 4 is 0 Å². The second-order valence-corrected chi connectivity index (χ2v) is 4.25. The molecule has 2 aromatic heterocycles. The van der Waals surface area contributed by atoms with E-state index in [1.807, 2.05) is 23.0 Å². The molecule has 0 fully saturated rings. The molecule has 0 bridgehead atoms. The molecule has 0 spiro atoms. The zero-order valence-corrected chi connectivity index (χ0v) is 10.4. The minimum Gasteiger partial charge on any atom is -0.282 e. The number of nitrogens with one attached hydrogen (secondary N) is 1. The van der Waals surface area contributed by atoms with Gasteiger partial charge in [-0.2, -0.15) is 10.2 Å². The smallest absolute Gasteiger partial charge is 0.0490 e. The van der Waals surface area contributed by atoms with E-state index >= 15 is 0 Å². The van der Waals surface area contributed by atoms with E-state index in [2.05, 4.69) is 43.0 Å². The highest BCUT2D eigenvalue weighted by molar-refractivity contribution is 5.01. The van der Waals surface area contributed by atoms with Gasteiger partial charge in [0.2, 0.25) is 0 Å². The third-order valence-electron chi connectivity index (χ3n) is 2.20. The summed E-state index contributed by atoms with van der Waals surface area (Å²) in [5, 5.41) is 10.7. The van der Waals surface area contributed by atoms with Gasteiger partial charge in [0.05, 0.1) is 0 Å². The first kappa shape index (κ1) is 18.8. The molecule has 1 N–H and O–H groups in total. The van der Waals surface area contributed by atoms with Crippen LogP contribution in [0.15, 0.2) is 30.7 Å². The van der Waals surface area contributed by atoms with E-state index in [0.29, 0.717) is 12.0 Å². The molecule has 0 aromatic carbocycles. The Kier molecular flexibility index (Phi) is 9.86. The fourth-order valence-electron chi connectivity index (χ4n) is 1.17. The molecule has 0 unspecified atom stereocenters. The van der Waals surface area contributed by atoms with Gasteiger partial charge in [-0.05, 0) is 31.9 Å². The van der Waals surface area contributed by atoms with E-state index in [-0.39, 0.29) is 14.9 Å². The van der Waals surface area contributed by atoms with Crippen molar-refractivity contribution in [2.45, 2.75) is 54.5 Å². The molecule has 4 heteroatoms. The largest absolute Gasteiger partial charge is 0.282 e. The molecule has 18 heavy (non-hydrogen) atoms. The van der Waals surface area contributed by atoms with Gasteiger partial charge < -0.3 is 0 Å². The standard InChI is InChI=1S/2C6H10N2.2CH4/c1-6(2)8-5-3-4-7-8;1-5(2)6-3-4-7-8-6;;/h3-6H,1-2H3;3-5H,1-2H3,(H,7,8);2*1H4. The monoisotopic (exact) mass is 252 g/mol. The second-order valence-electron chi connectivity index (χ2n) is 4.25. The number of rotatable bonds is 2. The van der Waals surface area contributed by atoms with E-state index < -0.39 is 0 Å². The van der Waals surface area contributed by atoms with Crippen LogP contribution in [0.2, 0.25) is 0 Å². The van der Waals surface area contributed by atoms with Crippen molar-refractivity contribution in [2.75, 3.05) is 0 Å². The van der Waals surface area contributed by atoms with Crippen molar-refractivity contribution in [3.05, 3.63) is 36.4 Å². The molecule has 0 aliphatic rings. The van der Waals surface area contributed by atoms with Gasteiger partial charge in [0.15, 0.2) is 0 Å². The predicted octanol–water partition coefficient (Wildman–Crippen LogP) is 4.27. The summed E-state index contributed by atoms with van der Waals surface area (Å²) in [5.41, 5.74) is 1.20. The zero-order chi connectivity index (χ0) is 12.0. The molecule has 0 amide bonds. The van der Waals surface area contributed by atoms with E-state index in [1.54, 1.807) is 12.4 Å². The maximum absolute atomic E-state index is 4.03. The summed E-state index contributed by atoms with van der Waals surface area (Å²) in [7, 11) is 0. The average molecular weight is 252 g/mol. The highest BCUT2D eigenvalue weighted by atomic mass is 15.3. The molecule has 0 aliphatic carbocycles. The SMILES string of the molecule is C.C.CC(C)c1ccn[nH]1.CC(C)n1cccn1. The molecule has 4 nitrogen and oxygen atoms in total. The van der Waals surface area contributed by atoms with Crippen LogP contribution in [0.4, 0.5) is 0 Å². The van der Waals surface area contributed by atoms with Crippen LogP contribution in [0, 0.1) is 0 Å². The topological polar surface area (TPSA) is 46.5 Å². The molecule has 2 heterocycles. The number of nitrogens with zero attached hydrogens (tertiary/aromatic N) is 3. The van der Waals surface area contributed by atoms with E-state index in [0.717, 1.165) is 0 Å². The van der Waals surface area contributed by atoms with Crippen LogP contribution >= 0.6 is 0 Å². The van der Waals surface area contributed by atoms with Crippen LogP contribution in [0.3, 0.4) is 0 Å². The van der Waals surface area contributed by atoms with Gasteiger partial charge >= 0.3 is 0 Å². The lowest BCUT2D eigenvalue weighted by molar-refractivity contribution is 0.532. The maximum atomic E-state index is 4.03. The Hall–Kier alpha value is -1.58. The molecule has 104 valence electrons. The predicted molar refractivity (Wildman–Crippen MR) is 78.8 cm³/mol. The third kappa shape index (κ3) is 6.23. The van der Waals surface area contributed by atoms with Gasteiger partial charge in [-0.25, -0.2) is 0 Å². The van der Waals surface area contributed by atoms with Gasteiger partial charge in [-0.15, -0.1) is 0 Å². The summed E-state index contributed by atoms with van der Waals surface area (Å²) < 4.78 is 1.92. The van der Waals surface area contributed by atoms with E-state index in [4.69, 9.17) is 0 Å². The summed E-state index contributed by atoms with van der Waals surface area (Å²) in [4.78, 5) is 0. The highest BCUT2D eigenvalue weighted by Crippen LogP contribution is 2.07. The number of aromatic nitrogens is 4. The van der Waals surface area contributed by atoms with Gasteiger partial charge in [-0.1, -0.05) is 28.7 Å². The lowest BCUT2D eigenvalue weighted by atomic mass is 10.1. The Balaban J connectivity index is 0. The van der Waals surface area contributed by atoms with Crippen LogP contribution < -0.4 is 0 Å². The summed E-state index contributed by atoms with van der Waals surface area (Å²) in [6.45, 7) is 8.47. The first-order chi connectivity index (χ1) is 7.61. The fourth-order valence-corrected chi connectivity index (χ4v) is 1.17. The summed E-state index contributed by atoms with van der Waals surface area (Å²) in [6, 6.07) is 4.41. The minimum atomic E-state index is 0. The van der Waals surface area contributed by atoms with Gasteiger partial charge in [-0.3, -0.25) is 9.78 Å². The van der Waals surface area contributed by atoms with Crippen LogP contribution in [0.25, 0.3) is 0 Å². The summed E-state index contributed by atoms with van der Waals surface area (Å²) in [5.74, 6) is 0.567. The average Bonchev–Trinajstić information content (AvgIpc) is 2.93. The first-order valence-corrected chi connectivity index (χ1v) is 5.59. The molecule has 0 saturated heterocycles.